The molecule has 0 spiro atoms. The Bertz CT molecular complexity index is 214. The Morgan fingerprint density at radius 1 is 0.429 bits per heavy atom. The van der Waals surface area contributed by atoms with Gasteiger partial charge < -0.3 is 5.32 Å². The lowest BCUT2D eigenvalue weighted by molar-refractivity contribution is 0.334. The van der Waals surface area contributed by atoms with Gasteiger partial charge >= 0.3 is 0 Å². The average molecular weight is 294 g/mol. The highest BCUT2D eigenvalue weighted by Gasteiger charge is 2.25. The highest BCUT2D eigenvalue weighted by molar-refractivity contribution is 4.79. The molecule has 0 bridgehead atoms. The van der Waals surface area contributed by atoms with Crippen LogP contribution in [-0.2, 0) is 0 Å². The molecule has 1 N–H and O–H groups in total. The molecule has 0 aromatic carbocycles. The fourth-order valence-corrected chi connectivity index (χ4v) is 4.47. The third-order valence-corrected chi connectivity index (χ3v) is 5.90. The highest BCUT2D eigenvalue weighted by Crippen LogP contribution is 2.35. The number of nitrogens with one attached hydrogen (secondary N) is 1. The first kappa shape index (κ1) is 17.3. The van der Waals surface area contributed by atoms with Crippen LogP contribution in [0.25, 0.3) is 0 Å². The Balaban J connectivity index is 1.65. The monoisotopic (exact) mass is 293 g/mol. The standard InChI is InChI=1S/C20H39N/c1-2-4-6-8-10-12-17-21-18-20-16-13-15-19(20)14-11-9-7-5-3-1/h19-21H,1-18H2. The van der Waals surface area contributed by atoms with E-state index in [0.29, 0.717) is 0 Å². The summed E-state index contributed by atoms with van der Waals surface area (Å²) in [6.45, 7) is 2.58. The van der Waals surface area contributed by atoms with Crippen molar-refractivity contribution < 1.29 is 0 Å². The maximum absolute atomic E-state index is 3.76. The van der Waals surface area contributed by atoms with Crippen LogP contribution in [0.2, 0.25) is 0 Å². The van der Waals surface area contributed by atoms with Gasteiger partial charge in [0.05, 0.1) is 0 Å². The summed E-state index contributed by atoms with van der Waals surface area (Å²) in [5.41, 5.74) is 0. The fraction of sp³-hybridized carbons (Fsp3) is 1.00. The van der Waals surface area contributed by atoms with Crippen molar-refractivity contribution in [2.45, 2.75) is 103 Å². The molecule has 2 unspecified atom stereocenters. The van der Waals surface area contributed by atoms with E-state index in [1.165, 1.54) is 116 Å². The molecule has 124 valence electrons. The molecule has 21 heavy (non-hydrogen) atoms. The predicted octanol–water partition coefficient (Wildman–Crippen LogP) is 6.08. The van der Waals surface area contributed by atoms with Crippen LogP contribution in [0.4, 0.5) is 0 Å². The van der Waals surface area contributed by atoms with Gasteiger partial charge in [-0.25, -0.2) is 0 Å². The van der Waals surface area contributed by atoms with Crippen LogP contribution >= 0.6 is 0 Å². The molecule has 1 saturated carbocycles. The quantitative estimate of drug-likeness (QED) is 0.571. The van der Waals surface area contributed by atoms with Crippen molar-refractivity contribution in [3.63, 3.8) is 0 Å². The van der Waals surface area contributed by atoms with Crippen LogP contribution in [0.3, 0.4) is 0 Å². The maximum atomic E-state index is 3.76. The molecule has 2 atom stereocenters. The number of hydrogen-bond acceptors (Lipinski definition) is 1. The van der Waals surface area contributed by atoms with E-state index in [4.69, 9.17) is 0 Å². The molecule has 1 aliphatic heterocycles. The van der Waals surface area contributed by atoms with E-state index in [1.807, 2.05) is 0 Å². The molecule has 1 heteroatoms. The van der Waals surface area contributed by atoms with Crippen molar-refractivity contribution >= 4 is 0 Å². The van der Waals surface area contributed by atoms with Gasteiger partial charge in [0.25, 0.3) is 0 Å². The Kier molecular flexibility index (Phi) is 9.50. The van der Waals surface area contributed by atoms with E-state index in [1.54, 1.807) is 0 Å². The Hall–Kier alpha value is -0.0400. The molecule has 0 aromatic rings. The number of fused-ring (bicyclic) bond motifs is 1. The molecule has 2 aliphatic rings. The van der Waals surface area contributed by atoms with Crippen LogP contribution < -0.4 is 5.32 Å². The van der Waals surface area contributed by atoms with E-state index < -0.39 is 0 Å². The van der Waals surface area contributed by atoms with E-state index in [0.717, 1.165) is 11.8 Å². The lowest BCUT2D eigenvalue weighted by atomic mass is 9.90. The van der Waals surface area contributed by atoms with E-state index in [-0.39, 0.29) is 0 Å². The van der Waals surface area contributed by atoms with Crippen LogP contribution in [0.5, 0.6) is 0 Å². The molecule has 1 aliphatic carbocycles. The van der Waals surface area contributed by atoms with Crippen LogP contribution in [-0.4, -0.2) is 13.1 Å². The largest absolute Gasteiger partial charge is 0.316 e. The highest BCUT2D eigenvalue weighted by atomic mass is 14.9. The SMILES string of the molecule is C1CCCCCCCC2CCCC2CNCCCCCC1. The van der Waals surface area contributed by atoms with Gasteiger partial charge in [0.2, 0.25) is 0 Å². The van der Waals surface area contributed by atoms with Crippen molar-refractivity contribution in [1.82, 2.24) is 5.32 Å². The normalized spacial score (nSPS) is 32.0. The Labute approximate surface area is 133 Å². The molecule has 1 heterocycles. The van der Waals surface area contributed by atoms with Gasteiger partial charge in [-0.05, 0) is 37.8 Å². The summed E-state index contributed by atoms with van der Waals surface area (Å²) in [6.07, 6.45) is 23.8. The molecule has 2 fully saturated rings. The second kappa shape index (κ2) is 11.5. The zero-order valence-corrected chi connectivity index (χ0v) is 14.4. The van der Waals surface area contributed by atoms with Gasteiger partial charge in [0, 0.05) is 0 Å². The number of rotatable bonds is 0. The van der Waals surface area contributed by atoms with E-state index in [2.05, 4.69) is 5.32 Å². The van der Waals surface area contributed by atoms with Crippen molar-refractivity contribution in [1.29, 1.82) is 0 Å². The molecule has 0 aromatic heterocycles. The first-order chi connectivity index (χ1) is 10.5. The fourth-order valence-electron chi connectivity index (χ4n) is 4.47. The first-order valence-electron chi connectivity index (χ1n) is 10.2. The Morgan fingerprint density at radius 3 is 1.57 bits per heavy atom. The predicted molar refractivity (Wildman–Crippen MR) is 93.7 cm³/mol. The molecule has 2 rings (SSSR count). The minimum absolute atomic E-state index is 1.00. The van der Waals surface area contributed by atoms with Gasteiger partial charge in [-0.2, -0.15) is 0 Å². The summed E-state index contributed by atoms with van der Waals surface area (Å²) in [6, 6.07) is 0. The van der Waals surface area contributed by atoms with Crippen LogP contribution in [0.1, 0.15) is 103 Å². The van der Waals surface area contributed by atoms with Crippen LogP contribution in [0.15, 0.2) is 0 Å². The van der Waals surface area contributed by atoms with Gasteiger partial charge in [0.1, 0.15) is 0 Å². The molecular formula is C20H39N. The van der Waals surface area contributed by atoms with Gasteiger partial charge in [0.15, 0.2) is 0 Å². The number of hydrogen-bond donors (Lipinski definition) is 1. The lowest BCUT2D eigenvalue weighted by Gasteiger charge is -2.20. The second-order valence-electron chi connectivity index (χ2n) is 7.69. The van der Waals surface area contributed by atoms with Gasteiger partial charge in [-0.1, -0.05) is 89.9 Å². The third kappa shape index (κ3) is 7.68. The Morgan fingerprint density at radius 2 is 0.905 bits per heavy atom. The average Bonchev–Trinajstić information content (AvgIpc) is 2.93. The summed E-state index contributed by atoms with van der Waals surface area (Å²) in [4.78, 5) is 0. The smallest absolute Gasteiger partial charge is 0.00179 e. The van der Waals surface area contributed by atoms with Gasteiger partial charge in [-0.3, -0.25) is 0 Å². The second-order valence-corrected chi connectivity index (χ2v) is 7.69. The van der Waals surface area contributed by atoms with E-state index >= 15 is 0 Å². The minimum atomic E-state index is 1.00. The third-order valence-electron chi connectivity index (χ3n) is 5.90. The lowest BCUT2D eigenvalue weighted by Crippen LogP contribution is -2.26. The summed E-state index contributed by atoms with van der Waals surface area (Å²) in [5.74, 6) is 2.06. The van der Waals surface area contributed by atoms with Gasteiger partial charge in [-0.15, -0.1) is 0 Å². The first-order valence-corrected chi connectivity index (χ1v) is 10.2. The van der Waals surface area contributed by atoms with E-state index in [9.17, 15) is 0 Å². The summed E-state index contributed by atoms with van der Waals surface area (Å²) in [7, 11) is 0. The molecule has 1 saturated heterocycles. The van der Waals surface area contributed by atoms with Crippen molar-refractivity contribution in [2.24, 2.45) is 11.8 Å². The van der Waals surface area contributed by atoms with Crippen LogP contribution in [0, 0.1) is 11.8 Å². The zero-order valence-electron chi connectivity index (χ0n) is 14.4. The molecule has 1 nitrogen and oxygen atoms in total. The topological polar surface area (TPSA) is 12.0 Å². The maximum Gasteiger partial charge on any atom is -0.00179 e. The van der Waals surface area contributed by atoms with Crippen molar-refractivity contribution in [3.05, 3.63) is 0 Å². The van der Waals surface area contributed by atoms with Crippen molar-refractivity contribution in [3.8, 4) is 0 Å². The molecule has 0 amide bonds. The summed E-state index contributed by atoms with van der Waals surface area (Å²) in [5, 5.41) is 3.76. The zero-order chi connectivity index (χ0) is 14.6. The molecular weight excluding hydrogens is 254 g/mol. The van der Waals surface area contributed by atoms with Crippen molar-refractivity contribution in [2.75, 3.05) is 13.1 Å². The minimum Gasteiger partial charge on any atom is -0.316 e. The summed E-state index contributed by atoms with van der Waals surface area (Å²) < 4.78 is 0. The summed E-state index contributed by atoms with van der Waals surface area (Å²) >= 11 is 0. The molecule has 0 radical (unpaired) electrons.